The van der Waals surface area contributed by atoms with Crippen molar-refractivity contribution < 1.29 is 9.53 Å². The van der Waals surface area contributed by atoms with E-state index >= 15 is 0 Å². The Morgan fingerprint density at radius 1 is 1.37 bits per heavy atom. The molecule has 5 nitrogen and oxygen atoms in total. The van der Waals surface area contributed by atoms with E-state index < -0.39 is 0 Å². The van der Waals surface area contributed by atoms with Gasteiger partial charge in [-0.3, -0.25) is 4.79 Å². The van der Waals surface area contributed by atoms with Crippen molar-refractivity contribution in [1.82, 2.24) is 15.5 Å². The summed E-state index contributed by atoms with van der Waals surface area (Å²) in [5.41, 5.74) is 0.0773. The van der Waals surface area contributed by atoms with Crippen LogP contribution in [0, 0.1) is 5.41 Å². The Morgan fingerprint density at radius 3 is 2.58 bits per heavy atom. The molecule has 1 aliphatic heterocycles. The van der Waals surface area contributed by atoms with Crippen LogP contribution in [0.4, 0.5) is 0 Å². The maximum atomic E-state index is 11.8. The Labute approximate surface area is 117 Å². The Kier molecular flexibility index (Phi) is 6.75. The number of carbonyl (C=O) groups excluding carboxylic acids is 1. The number of ether oxygens (including phenoxy) is 1. The molecular formula is C14H29N3O2. The molecule has 112 valence electrons. The highest BCUT2D eigenvalue weighted by Crippen LogP contribution is 2.14. The maximum absolute atomic E-state index is 11.8. The number of hydrogen-bond donors (Lipinski definition) is 2. The van der Waals surface area contributed by atoms with Crippen LogP contribution in [0.3, 0.4) is 0 Å². The zero-order valence-electron chi connectivity index (χ0n) is 12.8. The van der Waals surface area contributed by atoms with Gasteiger partial charge in [-0.05, 0) is 45.4 Å². The molecule has 0 unspecified atom stereocenters. The summed E-state index contributed by atoms with van der Waals surface area (Å²) in [5, 5.41) is 6.24. The second kappa shape index (κ2) is 7.82. The first kappa shape index (κ1) is 16.4. The summed E-state index contributed by atoms with van der Waals surface area (Å²) in [4.78, 5) is 13.9. The summed E-state index contributed by atoms with van der Waals surface area (Å²) in [6.07, 6.45) is 2.24. The smallest absolute Gasteiger partial charge is 0.246 e. The van der Waals surface area contributed by atoms with Gasteiger partial charge in [-0.2, -0.15) is 0 Å². The third-order valence-electron chi connectivity index (χ3n) is 3.24. The molecular weight excluding hydrogens is 242 g/mol. The Morgan fingerprint density at radius 2 is 2.00 bits per heavy atom. The van der Waals surface area contributed by atoms with Gasteiger partial charge in [0.05, 0.1) is 6.10 Å². The fourth-order valence-corrected chi connectivity index (χ4v) is 2.46. The minimum Gasteiger partial charge on any atom is -0.368 e. The van der Waals surface area contributed by atoms with Gasteiger partial charge in [0.15, 0.2) is 0 Å². The van der Waals surface area contributed by atoms with Gasteiger partial charge in [-0.1, -0.05) is 13.8 Å². The van der Waals surface area contributed by atoms with E-state index in [0.29, 0.717) is 6.54 Å². The number of amides is 1. The molecule has 0 atom stereocenters. The monoisotopic (exact) mass is 271 g/mol. The highest BCUT2D eigenvalue weighted by molar-refractivity contribution is 5.77. The minimum atomic E-state index is -0.00892. The molecule has 5 heteroatoms. The lowest BCUT2D eigenvalue weighted by molar-refractivity contribution is -0.128. The van der Waals surface area contributed by atoms with E-state index in [4.69, 9.17) is 4.74 Å². The first-order chi connectivity index (χ1) is 8.89. The lowest BCUT2D eigenvalue weighted by Gasteiger charge is -2.28. The molecule has 2 N–H and O–H groups in total. The molecule has 0 saturated carbocycles. The molecule has 0 aromatic carbocycles. The predicted octanol–water partition coefficient (Wildman–Crippen LogP) is 0.459. The van der Waals surface area contributed by atoms with Crippen molar-refractivity contribution in [1.29, 1.82) is 0 Å². The van der Waals surface area contributed by atoms with Crippen molar-refractivity contribution in [2.45, 2.75) is 32.8 Å². The summed E-state index contributed by atoms with van der Waals surface area (Å²) in [6, 6.07) is 0. The molecule has 1 fully saturated rings. The molecule has 0 aliphatic carbocycles. The third-order valence-corrected chi connectivity index (χ3v) is 3.24. The summed E-state index contributed by atoms with van der Waals surface area (Å²) >= 11 is 0. The summed E-state index contributed by atoms with van der Waals surface area (Å²) < 4.78 is 5.63. The van der Waals surface area contributed by atoms with Crippen LogP contribution in [0.15, 0.2) is 0 Å². The van der Waals surface area contributed by atoms with E-state index in [1.54, 1.807) is 0 Å². The first-order valence-corrected chi connectivity index (χ1v) is 7.13. The highest BCUT2D eigenvalue weighted by atomic mass is 16.5. The van der Waals surface area contributed by atoms with Crippen LogP contribution in [-0.2, 0) is 9.53 Å². The van der Waals surface area contributed by atoms with Crippen LogP contribution >= 0.6 is 0 Å². The van der Waals surface area contributed by atoms with Gasteiger partial charge in [0.1, 0.15) is 6.61 Å². The number of nitrogens with zero attached hydrogens (tertiary/aromatic N) is 1. The summed E-state index contributed by atoms with van der Waals surface area (Å²) in [5.74, 6) is -0.00892. The van der Waals surface area contributed by atoms with Gasteiger partial charge < -0.3 is 20.3 Å². The summed E-state index contributed by atoms with van der Waals surface area (Å²) in [6.45, 7) is 8.09. The van der Waals surface area contributed by atoms with E-state index in [0.717, 1.165) is 32.5 Å². The largest absolute Gasteiger partial charge is 0.368 e. The quantitative estimate of drug-likeness (QED) is 0.706. The van der Waals surface area contributed by atoms with E-state index in [1.807, 2.05) is 14.1 Å². The van der Waals surface area contributed by atoms with Gasteiger partial charge in [0.2, 0.25) is 5.91 Å². The zero-order valence-corrected chi connectivity index (χ0v) is 12.8. The van der Waals surface area contributed by atoms with Crippen molar-refractivity contribution in [3.63, 3.8) is 0 Å². The van der Waals surface area contributed by atoms with E-state index in [-0.39, 0.29) is 24.0 Å². The number of piperidine rings is 1. The van der Waals surface area contributed by atoms with E-state index in [1.165, 1.54) is 0 Å². The second-order valence-electron chi connectivity index (χ2n) is 6.44. The van der Waals surface area contributed by atoms with Crippen LogP contribution in [0.1, 0.15) is 26.7 Å². The van der Waals surface area contributed by atoms with Crippen molar-refractivity contribution in [3.05, 3.63) is 0 Å². The van der Waals surface area contributed by atoms with Crippen molar-refractivity contribution in [2.75, 3.05) is 46.9 Å². The highest BCUT2D eigenvalue weighted by Gasteiger charge is 2.20. The van der Waals surface area contributed by atoms with Crippen LogP contribution in [0.25, 0.3) is 0 Å². The van der Waals surface area contributed by atoms with Crippen LogP contribution in [0.5, 0.6) is 0 Å². The maximum Gasteiger partial charge on any atom is 0.246 e. The van der Waals surface area contributed by atoms with Gasteiger partial charge in [-0.15, -0.1) is 0 Å². The average Bonchev–Trinajstić information content (AvgIpc) is 2.34. The predicted molar refractivity (Wildman–Crippen MR) is 77.2 cm³/mol. The molecule has 0 aromatic rings. The van der Waals surface area contributed by atoms with Crippen molar-refractivity contribution in [2.24, 2.45) is 5.41 Å². The van der Waals surface area contributed by atoms with Crippen LogP contribution < -0.4 is 10.6 Å². The van der Waals surface area contributed by atoms with E-state index in [9.17, 15) is 4.79 Å². The first-order valence-electron chi connectivity index (χ1n) is 7.13. The fourth-order valence-electron chi connectivity index (χ4n) is 2.46. The Balaban J connectivity index is 2.16. The van der Waals surface area contributed by atoms with Crippen LogP contribution in [-0.4, -0.2) is 63.8 Å². The minimum absolute atomic E-state index is 0.00892. The lowest BCUT2D eigenvalue weighted by Crippen LogP contribution is -2.42. The van der Waals surface area contributed by atoms with Gasteiger partial charge in [0, 0.05) is 13.1 Å². The van der Waals surface area contributed by atoms with Crippen LogP contribution in [0.2, 0.25) is 0 Å². The fraction of sp³-hybridized carbons (Fsp3) is 0.929. The molecule has 0 spiro atoms. The van der Waals surface area contributed by atoms with Crippen molar-refractivity contribution >= 4 is 5.91 Å². The Hall–Kier alpha value is -0.650. The van der Waals surface area contributed by atoms with Crippen molar-refractivity contribution in [3.8, 4) is 0 Å². The molecule has 0 aromatic heterocycles. The number of rotatable bonds is 7. The lowest BCUT2D eigenvalue weighted by atomic mass is 9.93. The molecule has 0 bridgehead atoms. The molecule has 1 aliphatic rings. The third kappa shape index (κ3) is 7.50. The number of nitrogens with one attached hydrogen (secondary N) is 2. The summed E-state index contributed by atoms with van der Waals surface area (Å²) in [7, 11) is 4.09. The molecule has 1 rings (SSSR count). The molecule has 19 heavy (non-hydrogen) atoms. The van der Waals surface area contributed by atoms with Gasteiger partial charge >= 0.3 is 0 Å². The Bertz CT molecular complexity index is 274. The molecule has 0 radical (unpaired) electrons. The molecule has 1 heterocycles. The molecule has 1 saturated heterocycles. The normalized spacial score (nSPS) is 17.7. The SMILES string of the molecule is CN(C)CC(C)(C)CNC(=O)COC1CCNCC1. The van der Waals surface area contributed by atoms with Gasteiger partial charge in [0.25, 0.3) is 0 Å². The standard InChI is InChI=1S/C14H29N3O2/c1-14(2,11-17(3)4)10-16-13(18)9-19-12-5-7-15-8-6-12/h12,15H,5-11H2,1-4H3,(H,16,18). The topological polar surface area (TPSA) is 53.6 Å². The van der Waals surface area contributed by atoms with E-state index in [2.05, 4.69) is 29.4 Å². The zero-order chi connectivity index (χ0) is 14.3. The molecule has 1 amide bonds. The number of hydrogen-bond acceptors (Lipinski definition) is 4. The second-order valence-corrected chi connectivity index (χ2v) is 6.44. The number of carbonyl (C=O) groups is 1. The van der Waals surface area contributed by atoms with Gasteiger partial charge in [-0.25, -0.2) is 0 Å². The average molecular weight is 271 g/mol.